The lowest BCUT2D eigenvalue weighted by Crippen LogP contribution is -2.29. The van der Waals surface area contributed by atoms with Gasteiger partial charge in [0.2, 0.25) is 5.95 Å². The van der Waals surface area contributed by atoms with E-state index in [4.69, 9.17) is 9.47 Å². The average molecular weight is 359 g/mol. The second-order valence-electron chi connectivity index (χ2n) is 5.78. The molecule has 2 aromatic rings. The quantitative estimate of drug-likeness (QED) is 0.618. The van der Waals surface area contributed by atoms with Crippen LogP contribution in [0.5, 0.6) is 11.5 Å². The lowest BCUT2D eigenvalue weighted by atomic mass is 10.3. The molecule has 1 aromatic heterocycles. The third-order valence-electron chi connectivity index (χ3n) is 3.45. The summed E-state index contributed by atoms with van der Waals surface area (Å²) in [7, 11) is 5.59. The van der Waals surface area contributed by atoms with Crippen LogP contribution >= 0.6 is 0 Å². The Hall–Kier alpha value is -2.87. The van der Waals surface area contributed by atoms with Crippen LogP contribution in [0.3, 0.4) is 0 Å². The van der Waals surface area contributed by atoms with Crippen LogP contribution in [-0.2, 0) is 0 Å². The van der Waals surface area contributed by atoms with E-state index in [1.807, 2.05) is 43.3 Å². The molecule has 140 valence electrons. The van der Waals surface area contributed by atoms with E-state index in [9.17, 15) is 4.79 Å². The van der Waals surface area contributed by atoms with E-state index >= 15 is 0 Å². The van der Waals surface area contributed by atoms with Crippen LogP contribution in [0.2, 0.25) is 0 Å². The molecular weight excluding hydrogens is 334 g/mol. The molecule has 0 atom stereocenters. The summed E-state index contributed by atoms with van der Waals surface area (Å²) in [5.74, 6) is 1.66. The zero-order valence-electron chi connectivity index (χ0n) is 15.4. The monoisotopic (exact) mass is 359 g/mol. The first-order valence-electron chi connectivity index (χ1n) is 8.35. The van der Waals surface area contributed by atoms with Gasteiger partial charge in [0.25, 0.3) is 5.91 Å². The summed E-state index contributed by atoms with van der Waals surface area (Å²) in [5, 5.41) is 5.87. The molecule has 2 N–H and O–H groups in total. The van der Waals surface area contributed by atoms with Gasteiger partial charge in [-0.15, -0.1) is 0 Å². The maximum absolute atomic E-state index is 12.2. The molecule has 0 unspecified atom stereocenters. The first-order valence-corrected chi connectivity index (χ1v) is 8.35. The molecule has 0 aliphatic heterocycles. The van der Waals surface area contributed by atoms with Crippen molar-refractivity contribution in [3.63, 3.8) is 0 Å². The standard InChI is InChI=1S/C18H25N5O3/c1-23(2)12-10-21-18-20-9-8-16(22-18)17(24)19-11-13-26-15-6-4-14(25-3)5-7-15/h4-9H,10-13H2,1-3H3,(H,19,24)(H,20,21,22). The van der Waals surface area contributed by atoms with Crippen molar-refractivity contribution in [1.29, 1.82) is 0 Å². The molecule has 0 spiro atoms. The summed E-state index contributed by atoms with van der Waals surface area (Å²) >= 11 is 0. The van der Waals surface area contributed by atoms with Crippen molar-refractivity contribution in [1.82, 2.24) is 20.2 Å². The molecule has 2 rings (SSSR count). The number of aromatic nitrogens is 2. The number of hydrogen-bond acceptors (Lipinski definition) is 7. The minimum Gasteiger partial charge on any atom is -0.497 e. The van der Waals surface area contributed by atoms with Crippen LogP contribution in [0, 0.1) is 0 Å². The summed E-state index contributed by atoms with van der Waals surface area (Å²) in [5.41, 5.74) is 0.316. The van der Waals surface area contributed by atoms with Crippen LogP contribution in [0.15, 0.2) is 36.5 Å². The number of benzene rings is 1. The lowest BCUT2D eigenvalue weighted by molar-refractivity contribution is 0.0942. The molecule has 8 heteroatoms. The third-order valence-corrected chi connectivity index (χ3v) is 3.45. The molecule has 26 heavy (non-hydrogen) atoms. The highest BCUT2D eigenvalue weighted by atomic mass is 16.5. The largest absolute Gasteiger partial charge is 0.497 e. The molecule has 0 aliphatic carbocycles. The number of nitrogens with zero attached hydrogens (tertiary/aromatic N) is 3. The van der Waals surface area contributed by atoms with Crippen LogP contribution in [0.4, 0.5) is 5.95 Å². The summed E-state index contributed by atoms with van der Waals surface area (Å²) in [6.45, 7) is 2.28. The van der Waals surface area contributed by atoms with E-state index < -0.39 is 0 Å². The Bertz CT molecular complexity index is 691. The van der Waals surface area contributed by atoms with Crippen molar-refractivity contribution in [2.75, 3.05) is 52.8 Å². The molecule has 1 amide bonds. The van der Waals surface area contributed by atoms with Crippen molar-refractivity contribution in [2.24, 2.45) is 0 Å². The zero-order valence-corrected chi connectivity index (χ0v) is 15.4. The van der Waals surface area contributed by atoms with Gasteiger partial charge >= 0.3 is 0 Å². The maximum atomic E-state index is 12.2. The number of nitrogens with one attached hydrogen (secondary N) is 2. The molecule has 0 bridgehead atoms. The number of carbonyl (C=O) groups excluding carboxylic acids is 1. The summed E-state index contributed by atoms with van der Waals surface area (Å²) in [6.07, 6.45) is 1.56. The first-order chi connectivity index (χ1) is 12.6. The minimum absolute atomic E-state index is 0.263. The van der Waals surface area contributed by atoms with Gasteiger partial charge in [-0.05, 0) is 44.4 Å². The van der Waals surface area contributed by atoms with Crippen LogP contribution in [0.25, 0.3) is 0 Å². The van der Waals surface area contributed by atoms with Gasteiger partial charge in [-0.25, -0.2) is 9.97 Å². The zero-order chi connectivity index (χ0) is 18.8. The van der Waals surface area contributed by atoms with Gasteiger partial charge < -0.3 is 25.0 Å². The summed E-state index contributed by atoms with van der Waals surface area (Å²) in [4.78, 5) is 22.5. The van der Waals surface area contributed by atoms with E-state index in [2.05, 4.69) is 20.6 Å². The van der Waals surface area contributed by atoms with Gasteiger partial charge in [0.15, 0.2) is 0 Å². The fraction of sp³-hybridized carbons (Fsp3) is 0.389. The van der Waals surface area contributed by atoms with E-state index in [1.54, 1.807) is 19.4 Å². The SMILES string of the molecule is COc1ccc(OCCNC(=O)c2ccnc(NCCN(C)C)n2)cc1. The van der Waals surface area contributed by atoms with Crippen LogP contribution < -0.4 is 20.1 Å². The topological polar surface area (TPSA) is 88.6 Å². The number of anilines is 1. The van der Waals surface area contributed by atoms with E-state index in [-0.39, 0.29) is 5.91 Å². The highest BCUT2D eigenvalue weighted by Crippen LogP contribution is 2.16. The Morgan fingerprint density at radius 3 is 2.54 bits per heavy atom. The molecule has 1 aromatic carbocycles. The van der Waals surface area contributed by atoms with Crippen molar-refractivity contribution in [2.45, 2.75) is 0 Å². The van der Waals surface area contributed by atoms with E-state index in [0.717, 1.165) is 18.0 Å². The van der Waals surface area contributed by atoms with Gasteiger partial charge in [-0.1, -0.05) is 0 Å². The Labute approximate surface area is 153 Å². The molecule has 0 saturated heterocycles. The maximum Gasteiger partial charge on any atom is 0.270 e. The predicted molar refractivity (Wildman–Crippen MR) is 99.9 cm³/mol. The normalized spacial score (nSPS) is 10.5. The van der Waals surface area contributed by atoms with Crippen LogP contribution in [-0.4, -0.2) is 68.2 Å². The third kappa shape index (κ3) is 6.56. The average Bonchev–Trinajstić information content (AvgIpc) is 2.65. The number of ether oxygens (including phenoxy) is 2. The van der Waals surface area contributed by atoms with E-state index in [1.165, 1.54) is 0 Å². The summed E-state index contributed by atoms with van der Waals surface area (Å²) in [6, 6.07) is 8.85. The molecular formula is C18H25N5O3. The van der Waals surface area contributed by atoms with Gasteiger partial charge in [-0.2, -0.15) is 0 Å². The van der Waals surface area contributed by atoms with Crippen molar-refractivity contribution in [3.05, 3.63) is 42.2 Å². The molecule has 0 fully saturated rings. The lowest BCUT2D eigenvalue weighted by Gasteiger charge is -2.11. The second-order valence-corrected chi connectivity index (χ2v) is 5.78. The highest BCUT2D eigenvalue weighted by Gasteiger charge is 2.08. The first kappa shape index (κ1) is 19.5. The molecule has 0 aliphatic rings. The molecule has 0 radical (unpaired) electrons. The Kier molecular flexibility index (Phi) is 7.63. The fourth-order valence-electron chi connectivity index (χ4n) is 2.06. The fourth-order valence-corrected chi connectivity index (χ4v) is 2.06. The number of methoxy groups -OCH3 is 1. The number of rotatable bonds is 10. The Balaban J connectivity index is 1.74. The molecule has 8 nitrogen and oxygen atoms in total. The van der Waals surface area contributed by atoms with Gasteiger partial charge in [0.05, 0.1) is 13.7 Å². The Morgan fingerprint density at radius 2 is 1.85 bits per heavy atom. The number of likely N-dealkylation sites (N-methyl/N-ethyl adjacent to an activating group) is 1. The highest BCUT2D eigenvalue weighted by molar-refractivity contribution is 5.92. The van der Waals surface area contributed by atoms with E-state index in [0.29, 0.717) is 31.3 Å². The van der Waals surface area contributed by atoms with Gasteiger partial charge in [0.1, 0.15) is 23.8 Å². The predicted octanol–water partition coefficient (Wildman–Crippen LogP) is 1.27. The van der Waals surface area contributed by atoms with Gasteiger partial charge in [0, 0.05) is 19.3 Å². The Morgan fingerprint density at radius 1 is 1.12 bits per heavy atom. The number of amides is 1. The number of carbonyl (C=O) groups is 1. The van der Waals surface area contributed by atoms with Gasteiger partial charge in [-0.3, -0.25) is 4.79 Å². The van der Waals surface area contributed by atoms with Crippen LogP contribution in [0.1, 0.15) is 10.5 Å². The smallest absolute Gasteiger partial charge is 0.270 e. The minimum atomic E-state index is -0.263. The molecule has 1 heterocycles. The van der Waals surface area contributed by atoms with Crippen molar-refractivity contribution < 1.29 is 14.3 Å². The second kappa shape index (κ2) is 10.2. The summed E-state index contributed by atoms with van der Waals surface area (Å²) < 4.78 is 10.7. The number of hydrogen-bond donors (Lipinski definition) is 2. The van der Waals surface area contributed by atoms with Crippen molar-refractivity contribution >= 4 is 11.9 Å². The molecule has 0 saturated carbocycles. The van der Waals surface area contributed by atoms with Crippen molar-refractivity contribution in [3.8, 4) is 11.5 Å².